The van der Waals surface area contributed by atoms with E-state index in [1.165, 1.54) is 11.5 Å². The van der Waals surface area contributed by atoms with Crippen LogP contribution in [-0.2, 0) is 6.42 Å². The number of aryl methyl sites for hydroxylation is 1. The Hall–Kier alpha value is -1.08. The van der Waals surface area contributed by atoms with E-state index in [-0.39, 0.29) is 0 Å². The fourth-order valence-electron chi connectivity index (χ4n) is 0.855. The largest absolute Gasteiger partial charge is 0.360 e. The zero-order chi connectivity index (χ0) is 9.52. The van der Waals surface area contributed by atoms with Crippen LogP contribution in [0.25, 0.3) is 0 Å². The highest BCUT2D eigenvalue weighted by atomic mass is 32.1. The molecule has 70 valence electrons. The van der Waals surface area contributed by atoms with Gasteiger partial charge in [0.15, 0.2) is 0 Å². The van der Waals surface area contributed by atoms with Gasteiger partial charge < -0.3 is 5.32 Å². The number of anilines is 1. The van der Waals surface area contributed by atoms with E-state index in [4.69, 9.17) is 6.42 Å². The van der Waals surface area contributed by atoms with E-state index in [9.17, 15) is 0 Å². The van der Waals surface area contributed by atoms with Crippen molar-refractivity contribution in [2.45, 2.75) is 26.2 Å². The molecule has 0 fully saturated rings. The summed E-state index contributed by atoms with van der Waals surface area (Å²) in [6.45, 7) is 2.92. The summed E-state index contributed by atoms with van der Waals surface area (Å²) in [7, 11) is 0. The van der Waals surface area contributed by atoms with Crippen LogP contribution in [0, 0.1) is 12.3 Å². The zero-order valence-electron chi connectivity index (χ0n) is 7.71. The van der Waals surface area contributed by atoms with Gasteiger partial charge in [-0.2, -0.15) is 4.37 Å². The van der Waals surface area contributed by atoms with E-state index in [2.05, 4.69) is 20.6 Å². The van der Waals surface area contributed by atoms with E-state index in [1.54, 1.807) is 0 Å². The van der Waals surface area contributed by atoms with Crippen molar-refractivity contribution in [2.75, 3.05) is 11.9 Å². The molecule has 0 bridgehead atoms. The van der Waals surface area contributed by atoms with Gasteiger partial charge in [-0.25, -0.2) is 4.98 Å². The number of terminal acetylenes is 1. The van der Waals surface area contributed by atoms with Crippen molar-refractivity contribution in [3.05, 3.63) is 5.82 Å². The Balaban J connectivity index is 2.25. The Morgan fingerprint density at radius 3 is 3.08 bits per heavy atom. The van der Waals surface area contributed by atoms with Gasteiger partial charge in [0.25, 0.3) is 0 Å². The molecule has 4 heteroatoms. The second-order valence-electron chi connectivity index (χ2n) is 2.60. The first-order chi connectivity index (χ1) is 6.36. The van der Waals surface area contributed by atoms with Gasteiger partial charge in [0.2, 0.25) is 5.13 Å². The Morgan fingerprint density at radius 1 is 1.62 bits per heavy atom. The summed E-state index contributed by atoms with van der Waals surface area (Å²) >= 11 is 1.41. The lowest BCUT2D eigenvalue weighted by Crippen LogP contribution is -2.00. The number of aromatic nitrogens is 2. The van der Waals surface area contributed by atoms with Gasteiger partial charge >= 0.3 is 0 Å². The van der Waals surface area contributed by atoms with Gasteiger partial charge in [0.1, 0.15) is 5.82 Å². The standard InChI is InChI=1S/C9H13N3S/c1-3-5-6-7-10-9-11-8(4-2)12-13-9/h1H,4-7H2,2H3,(H,10,11,12). The van der Waals surface area contributed by atoms with Crippen molar-refractivity contribution in [3.63, 3.8) is 0 Å². The fourth-order valence-corrected chi connectivity index (χ4v) is 1.53. The third kappa shape index (κ3) is 3.43. The third-order valence-corrected chi connectivity index (χ3v) is 2.27. The number of unbranched alkanes of at least 4 members (excludes halogenated alkanes) is 1. The van der Waals surface area contributed by atoms with Crippen LogP contribution in [0.15, 0.2) is 0 Å². The molecule has 0 atom stereocenters. The molecule has 3 nitrogen and oxygen atoms in total. The van der Waals surface area contributed by atoms with Gasteiger partial charge in [-0.15, -0.1) is 12.3 Å². The van der Waals surface area contributed by atoms with Crippen LogP contribution < -0.4 is 5.32 Å². The Labute approximate surface area is 82.8 Å². The van der Waals surface area contributed by atoms with Gasteiger partial charge in [-0.3, -0.25) is 0 Å². The lowest BCUT2D eigenvalue weighted by atomic mass is 10.3. The molecule has 0 unspecified atom stereocenters. The lowest BCUT2D eigenvalue weighted by molar-refractivity contribution is 0.901. The molecule has 0 aliphatic rings. The van der Waals surface area contributed by atoms with Crippen molar-refractivity contribution in [1.29, 1.82) is 0 Å². The van der Waals surface area contributed by atoms with Crippen LogP contribution in [-0.4, -0.2) is 15.9 Å². The smallest absolute Gasteiger partial charge is 0.202 e. The molecule has 13 heavy (non-hydrogen) atoms. The maximum Gasteiger partial charge on any atom is 0.202 e. The quantitative estimate of drug-likeness (QED) is 0.576. The summed E-state index contributed by atoms with van der Waals surface area (Å²) in [5.74, 6) is 3.50. The van der Waals surface area contributed by atoms with Gasteiger partial charge in [-0.1, -0.05) is 6.92 Å². The Bertz CT molecular complexity index is 287. The molecule has 1 rings (SSSR count). The van der Waals surface area contributed by atoms with Crippen molar-refractivity contribution in [2.24, 2.45) is 0 Å². The molecule has 0 amide bonds. The minimum absolute atomic E-state index is 0.812. The second kappa shape index (κ2) is 5.55. The third-order valence-electron chi connectivity index (χ3n) is 1.56. The van der Waals surface area contributed by atoms with Crippen LogP contribution in [0.1, 0.15) is 25.6 Å². The molecular formula is C9H13N3S. The maximum absolute atomic E-state index is 5.13. The summed E-state index contributed by atoms with van der Waals surface area (Å²) in [5, 5.41) is 4.08. The number of nitrogens with one attached hydrogen (secondary N) is 1. The van der Waals surface area contributed by atoms with Crippen LogP contribution in [0.4, 0.5) is 5.13 Å². The molecule has 1 aromatic heterocycles. The highest BCUT2D eigenvalue weighted by Crippen LogP contribution is 2.10. The van der Waals surface area contributed by atoms with Crippen molar-refractivity contribution in [1.82, 2.24) is 9.36 Å². The molecule has 0 saturated heterocycles. The van der Waals surface area contributed by atoms with Crippen molar-refractivity contribution >= 4 is 16.7 Å². The average Bonchev–Trinajstić information content (AvgIpc) is 2.60. The fraction of sp³-hybridized carbons (Fsp3) is 0.556. The molecule has 0 aliphatic carbocycles. The van der Waals surface area contributed by atoms with E-state index in [1.807, 2.05) is 6.92 Å². The molecule has 1 heterocycles. The normalized spacial score (nSPS) is 9.54. The summed E-state index contributed by atoms with van der Waals surface area (Å²) in [4.78, 5) is 4.27. The van der Waals surface area contributed by atoms with Crippen LogP contribution in [0.3, 0.4) is 0 Å². The highest BCUT2D eigenvalue weighted by Gasteiger charge is 1.99. The first-order valence-electron chi connectivity index (χ1n) is 4.36. The van der Waals surface area contributed by atoms with E-state index in [0.717, 1.165) is 36.8 Å². The minimum Gasteiger partial charge on any atom is -0.360 e. The lowest BCUT2D eigenvalue weighted by Gasteiger charge is -1.97. The van der Waals surface area contributed by atoms with Gasteiger partial charge in [0, 0.05) is 30.9 Å². The number of rotatable bonds is 5. The molecule has 0 saturated carbocycles. The first-order valence-corrected chi connectivity index (χ1v) is 5.14. The minimum atomic E-state index is 0.812. The molecule has 0 spiro atoms. The zero-order valence-corrected chi connectivity index (χ0v) is 8.52. The summed E-state index contributed by atoms with van der Waals surface area (Å²) < 4.78 is 4.16. The van der Waals surface area contributed by atoms with Crippen LogP contribution in [0.2, 0.25) is 0 Å². The van der Waals surface area contributed by atoms with Gasteiger partial charge in [0.05, 0.1) is 0 Å². The predicted octanol–water partition coefficient (Wildman–Crippen LogP) is 1.93. The van der Waals surface area contributed by atoms with E-state index in [0.29, 0.717) is 0 Å². The van der Waals surface area contributed by atoms with Crippen LogP contribution in [0.5, 0.6) is 0 Å². The summed E-state index contributed by atoms with van der Waals surface area (Å²) in [6.07, 6.45) is 7.82. The molecule has 0 aromatic carbocycles. The highest BCUT2D eigenvalue weighted by molar-refractivity contribution is 7.09. The second-order valence-corrected chi connectivity index (χ2v) is 3.36. The SMILES string of the molecule is C#CCCCNc1nc(CC)ns1. The van der Waals surface area contributed by atoms with Crippen molar-refractivity contribution < 1.29 is 0 Å². The number of nitrogens with zero attached hydrogens (tertiary/aromatic N) is 2. The molecule has 0 radical (unpaired) electrons. The summed E-state index contributed by atoms with van der Waals surface area (Å²) in [5.41, 5.74) is 0. The van der Waals surface area contributed by atoms with Crippen LogP contribution >= 0.6 is 11.5 Å². The molecule has 0 aliphatic heterocycles. The summed E-state index contributed by atoms with van der Waals surface area (Å²) in [6, 6.07) is 0. The van der Waals surface area contributed by atoms with E-state index < -0.39 is 0 Å². The average molecular weight is 195 g/mol. The number of hydrogen-bond donors (Lipinski definition) is 1. The topological polar surface area (TPSA) is 37.8 Å². The van der Waals surface area contributed by atoms with E-state index >= 15 is 0 Å². The molecular weight excluding hydrogens is 182 g/mol. The van der Waals surface area contributed by atoms with Gasteiger partial charge in [-0.05, 0) is 6.42 Å². The number of hydrogen-bond acceptors (Lipinski definition) is 4. The first kappa shape index (κ1) is 10.0. The molecule has 1 aromatic rings. The maximum atomic E-state index is 5.13. The Morgan fingerprint density at radius 2 is 2.46 bits per heavy atom. The monoisotopic (exact) mass is 195 g/mol. The predicted molar refractivity (Wildman–Crippen MR) is 55.8 cm³/mol. The van der Waals surface area contributed by atoms with Crippen molar-refractivity contribution in [3.8, 4) is 12.3 Å². The molecule has 1 N–H and O–H groups in total. The Kier molecular flexibility index (Phi) is 4.27.